The number of amides is 1. The maximum atomic E-state index is 11.1. The van der Waals surface area contributed by atoms with Crippen LogP contribution in [0.5, 0.6) is 0 Å². The van der Waals surface area contributed by atoms with Crippen LogP contribution in [0.3, 0.4) is 0 Å². The molecule has 1 aromatic rings. The smallest absolute Gasteiger partial charge is 0.301 e. The van der Waals surface area contributed by atoms with Gasteiger partial charge in [-0.3, -0.25) is 4.79 Å². The molecule has 0 aliphatic rings. The molecule has 0 unspecified atom stereocenters. The van der Waals surface area contributed by atoms with E-state index in [4.69, 9.17) is 11.6 Å². The van der Waals surface area contributed by atoms with E-state index in [0.29, 0.717) is 10.7 Å². The number of halogens is 3. The number of carbonyl (C=O) groups excluding carboxylic acids is 1. The van der Waals surface area contributed by atoms with Crippen molar-refractivity contribution in [1.29, 1.82) is 0 Å². The zero-order valence-electron chi connectivity index (χ0n) is 6.77. The van der Waals surface area contributed by atoms with Crippen LogP contribution in [0, 0.1) is 14.3 Å². The highest BCUT2D eigenvalue weighted by atomic mass is 127. The molecule has 2 nitrogen and oxygen atoms in total. The quantitative estimate of drug-likeness (QED) is 0.585. The summed E-state index contributed by atoms with van der Waals surface area (Å²) in [6, 6.07) is 5.21. The summed E-state index contributed by atoms with van der Waals surface area (Å²) in [6.45, 7) is 0. The molecule has 0 aliphatic heterocycles. The SMILES string of the molecule is O=C(C#CBr)Nc1ccc(Cl)cc1I. The number of anilines is 1. The Morgan fingerprint density at radius 3 is 2.86 bits per heavy atom. The van der Waals surface area contributed by atoms with Crippen LogP contribution in [0.25, 0.3) is 0 Å². The molecule has 0 atom stereocenters. The first-order valence-electron chi connectivity index (χ1n) is 3.51. The van der Waals surface area contributed by atoms with Gasteiger partial charge in [0.2, 0.25) is 0 Å². The van der Waals surface area contributed by atoms with Gasteiger partial charge < -0.3 is 5.32 Å². The molecule has 0 heterocycles. The Morgan fingerprint density at radius 2 is 2.29 bits per heavy atom. The summed E-state index contributed by atoms with van der Waals surface area (Å²) in [5.74, 6) is 1.96. The third-order valence-electron chi connectivity index (χ3n) is 1.34. The van der Waals surface area contributed by atoms with Crippen molar-refractivity contribution >= 4 is 61.7 Å². The van der Waals surface area contributed by atoms with Gasteiger partial charge in [0.15, 0.2) is 0 Å². The Morgan fingerprint density at radius 1 is 1.57 bits per heavy atom. The van der Waals surface area contributed by atoms with Crippen LogP contribution >= 0.6 is 50.1 Å². The average Bonchev–Trinajstić information content (AvgIpc) is 2.10. The first-order valence-corrected chi connectivity index (χ1v) is 5.76. The molecule has 0 radical (unpaired) electrons. The Kier molecular flexibility index (Phi) is 4.72. The van der Waals surface area contributed by atoms with Crippen LogP contribution in [0.1, 0.15) is 0 Å². The minimum atomic E-state index is -0.359. The second-order valence-electron chi connectivity index (χ2n) is 2.30. The van der Waals surface area contributed by atoms with E-state index in [0.717, 1.165) is 3.57 Å². The molecular weight excluding hydrogens is 380 g/mol. The molecule has 0 aliphatic carbocycles. The molecular formula is C9H4BrClINO. The van der Waals surface area contributed by atoms with Crippen molar-refractivity contribution in [2.24, 2.45) is 0 Å². The van der Waals surface area contributed by atoms with E-state index < -0.39 is 0 Å². The lowest BCUT2D eigenvalue weighted by molar-refractivity contribution is -0.111. The standard InChI is InChI=1S/C9H4BrClINO/c10-4-3-9(14)13-8-2-1-6(11)5-7(8)12/h1-2,5H,(H,13,14). The summed E-state index contributed by atoms with van der Waals surface area (Å²) in [4.78, 5) is 13.4. The maximum Gasteiger partial charge on any atom is 0.301 e. The predicted molar refractivity (Wildman–Crippen MR) is 69.5 cm³/mol. The van der Waals surface area contributed by atoms with Crippen LogP contribution in [-0.4, -0.2) is 5.91 Å². The molecule has 1 N–H and O–H groups in total. The van der Waals surface area contributed by atoms with Crippen LogP contribution < -0.4 is 5.32 Å². The third kappa shape index (κ3) is 3.48. The van der Waals surface area contributed by atoms with Crippen molar-refractivity contribution in [3.05, 3.63) is 26.8 Å². The van der Waals surface area contributed by atoms with Gasteiger partial charge in [0, 0.05) is 30.4 Å². The fourth-order valence-corrected chi connectivity index (χ4v) is 1.97. The van der Waals surface area contributed by atoms with Crippen molar-refractivity contribution in [1.82, 2.24) is 0 Å². The van der Waals surface area contributed by atoms with Crippen molar-refractivity contribution in [2.75, 3.05) is 5.32 Å². The zero-order chi connectivity index (χ0) is 10.6. The molecule has 0 spiro atoms. The van der Waals surface area contributed by atoms with Gasteiger partial charge in [-0.25, -0.2) is 0 Å². The summed E-state index contributed by atoms with van der Waals surface area (Å²) in [5, 5.41) is 3.27. The molecule has 72 valence electrons. The van der Waals surface area contributed by atoms with Gasteiger partial charge in [0.25, 0.3) is 0 Å². The molecule has 1 aromatic carbocycles. The topological polar surface area (TPSA) is 29.1 Å². The summed E-state index contributed by atoms with van der Waals surface area (Å²) in [5.41, 5.74) is 0.704. The molecule has 1 amide bonds. The Balaban J connectivity index is 2.85. The van der Waals surface area contributed by atoms with E-state index in [2.05, 4.69) is 54.6 Å². The van der Waals surface area contributed by atoms with Gasteiger partial charge in [0.1, 0.15) is 0 Å². The van der Waals surface area contributed by atoms with E-state index in [1.807, 2.05) is 0 Å². The third-order valence-corrected chi connectivity index (χ3v) is 2.67. The van der Waals surface area contributed by atoms with Gasteiger partial charge in [-0.1, -0.05) is 11.6 Å². The number of benzene rings is 1. The second-order valence-corrected chi connectivity index (χ2v) is 4.29. The van der Waals surface area contributed by atoms with Gasteiger partial charge >= 0.3 is 5.91 Å². The van der Waals surface area contributed by atoms with Crippen molar-refractivity contribution in [2.45, 2.75) is 0 Å². The molecule has 0 saturated heterocycles. The number of carbonyl (C=O) groups is 1. The predicted octanol–water partition coefficient (Wildman–Crippen LogP) is 3.24. The fraction of sp³-hybridized carbons (Fsp3) is 0. The lowest BCUT2D eigenvalue weighted by atomic mass is 10.3. The lowest BCUT2D eigenvalue weighted by Gasteiger charge is -2.03. The van der Waals surface area contributed by atoms with Gasteiger partial charge in [-0.05, 0) is 45.6 Å². The van der Waals surface area contributed by atoms with Crippen molar-refractivity contribution in [3.63, 3.8) is 0 Å². The summed E-state index contributed by atoms with van der Waals surface area (Å²) in [7, 11) is 0. The Labute approximate surface area is 109 Å². The zero-order valence-corrected chi connectivity index (χ0v) is 11.3. The summed E-state index contributed by atoms with van der Waals surface area (Å²) >= 11 is 10.7. The monoisotopic (exact) mass is 383 g/mol. The summed E-state index contributed by atoms with van der Waals surface area (Å²) in [6.07, 6.45) is 0. The number of rotatable bonds is 1. The largest absolute Gasteiger partial charge is 0.314 e. The van der Waals surface area contributed by atoms with E-state index in [1.54, 1.807) is 18.2 Å². The lowest BCUT2D eigenvalue weighted by Crippen LogP contribution is -2.09. The van der Waals surface area contributed by atoms with Crippen LogP contribution in [-0.2, 0) is 4.79 Å². The minimum absolute atomic E-state index is 0.359. The normalized spacial score (nSPS) is 8.79. The van der Waals surface area contributed by atoms with E-state index in [9.17, 15) is 4.79 Å². The van der Waals surface area contributed by atoms with Gasteiger partial charge in [-0.2, -0.15) is 0 Å². The minimum Gasteiger partial charge on any atom is -0.314 e. The van der Waals surface area contributed by atoms with Gasteiger partial charge in [-0.15, -0.1) is 0 Å². The molecule has 1 rings (SSSR count). The van der Waals surface area contributed by atoms with Gasteiger partial charge in [0.05, 0.1) is 5.69 Å². The molecule has 0 fully saturated rings. The van der Waals surface area contributed by atoms with Crippen LogP contribution in [0.2, 0.25) is 5.02 Å². The Bertz CT molecular complexity index is 425. The van der Waals surface area contributed by atoms with Crippen molar-refractivity contribution in [3.8, 4) is 10.8 Å². The van der Waals surface area contributed by atoms with Crippen LogP contribution in [0.4, 0.5) is 5.69 Å². The highest BCUT2D eigenvalue weighted by Crippen LogP contribution is 2.21. The van der Waals surface area contributed by atoms with Crippen LogP contribution in [0.15, 0.2) is 18.2 Å². The first-order chi connectivity index (χ1) is 6.63. The first kappa shape index (κ1) is 11.8. The maximum absolute atomic E-state index is 11.1. The molecule has 0 bridgehead atoms. The molecule has 0 aromatic heterocycles. The second kappa shape index (κ2) is 5.59. The highest BCUT2D eigenvalue weighted by Gasteiger charge is 2.02. The summed E-state index contributed by atoms with van der Waals surface area (Å²) < 4.78 is 0.875. The molecule has 0 saturated carbocycles. The number of nitrogens with one attached hydrogen (secondary N) is 1. The van der Waals surface area contributed by atoms with E-state index in [-0.39, 0.29) is 5.91 Å². The van der Waals surface area contributed by atoms with E-state index in [1.165, 1.54) is 0 Å². The van der Waals surface area contributed by atoms with E-state index >= 15 is 0 Å². The van der Waals surface area contributed by atoms with Crippen molar-refractivity contribution < 1.29 is 4.79 Å². The number of hydrogen-bond acceptors (Lipinski definition) is 1. The average molecular weight is 384 g/mol. The molecule has 14 heavy (non-hydrogen) atoms. The Hall–Kier alpha value is -0.250. The number of hydrogen-bond donors (Lipinski definition) is 1. The fourth-order valence-electron chi connectivity index (χ4n) is 0.787. The highest BCUT2D eigenvalue weighted by molar-refractivity contribution is 14.1. The molecule has 5 heteroatoms.